The number of anilines is 1. The molecule has 2 heterocycles. The second-order valence-electron chi connectivity index (χ2n) is 4.32. The lowest BCUT2D eigenvalue weighted by molar-refractivity contribution is 0.172. The second kappa shape index (κ2) is 3.94. The van der Waals surface area contributed by atoms with Crippen LogP contribution in [0, 0.1) is 13.8 Å². The van der Waals surface area contributed by atoms with Gasteiger partial charge in [-0.15, -0.1) is 0 Å². The molecule has 94 valence electrons. The topological polar surface area (TPSA) is 70.5 Å². The number of rotatable bonds is 1. The third kappa shape index (κ3) is 1.51. The minimum absolute atomic E-state index is 0.292. The minimum Gasteiger partial charge on any atom is -0.486 e. The maximum atomic E-state index is 5.80. The van der Waals surface area contributed by atoms with E-state index in [0.29, 0.717) is 19.1 Å². The molecule has 0 amide bonds. The molecule has 1 aromatic heterocycles. The van der Waals surface area contributed by atoms with Gasteiger partial charge in [-0.1, -0.05) is 5.16 Å². The zero-order valence-electron chi connectivity index (χ0n) is 10.3. The number of ether oxygens (including phenoxy) is 2. The Labute approximate surface area is 104 Å². The summed E-state index contributed by atoms with van der Waals surface area (Å²) in [5.41, 5.74) is 9.67. The van der Waals surface area contributed by atoms with Crippen LogP contribution in [0.5, 0.6) is 11.5 Å². The van der Waals surface area contributed by atoms with Crippen LogP contribution in [-0.2, 0) is 0 Å². The number of nitrogen functional groups attached to an aromatic ring is 1. The third-order valence-electron chi connectivity index (χ3n) is 3.22. The summed E-state index contributed by atoms with van der Waals surface area (Å²) in [6.45, 7) is 5.15. The standard InChI is InChI=1S/C13H14N2O3/c1-7-5-10-12(17-4-3-16-10)11(8(7)2)9-6-15-18-13(9)14/h5-6H,3-4,14H2,1-2H3. The summed E-state index contributed by atoms with van der Waals surface area (Å²) < 4.78 is 16.3. The lowest BCUT2D eigenvalue weighted by Crippen LogP contribution is -2.16. The molecule has 0 fully saturated rings. The highest BCUT2D eigenvalue weighted by molar-refractivity contribution is 5.83. The fraction of sp³-hybridized carbons (Fsp3) is 0.308. The summed E-state index contributed by atoms with van der Waals surface area (Å²) in [4.78, 5) is 0. The maximum absolute atomic E-state index is 5.80. The van der Waals surface area contributed by atoms with Gasteiger partial charge in [0.05, 0.1) is 11.8 Å². The van der Waals surface area contributed by atoms with E-state index in [1.807, 2.05) is 19.9 Å². The molecule has 0 bridgehead atoms. The summed E-state index contributed by atoms with van der Waals surface area (Å²) in [6, 6.07) is 1.98. The largest absolute Gasteiger partial charge is 0.486 e. The zero-order chi connectivity index (χ0) is 12.7. The fourth-order valence-electron chi connectivity index (χ4n) is 2.17. The fourth-order valence-corrected chi connectivity index (χ4v) is 2.17. The van der Waals surface area contributed by atoms with Gasteiger partial charge in [0.2, 0.25) is 5.88 Å². The molecule has 0 aliphatic carbocycles. The molecular formula is C13H14N2O3. The summed E-state index contributed by atoms with van der Waals surface area (Å²) in [6.07, 6.45) is 1.61. The van der Waals surface area contributed by atoms with E-state index in [1.54, 1.807) is 6.20 Å². The van der Waals surface area contributed by atoms with Gasteiger partial charge in [0.15, 0.2) is 11.5 Å². The van der Waals surface area contributed by atoms with Crippen LogP contribution in [0.1, 0.15) is 11.1 Å². The monoisotopic (exact) mass is 246 g/mol. The SMILES string of the molecule is Cc1cc2c(c(-c3cnoc3N)c1C)OCCO2. The van der Waals surface area contributed by atoms with Crippen molar-refractivity contribution in [2.45, 2.75) is 13.8 Å². The van der Waals surface area contributed by atoms with E-state index in [1.165, 1.54) is 0 Å². The normalized spacial score (nSPS) is 13.7. The summed E-state index contributed by atoms with van der Waals surface area (Å²) in [7, 11) is 0. The quantitative estimate of drug-likeness (QED) is 0.836. The Kier molecular flexibility index (Phi) is 2.40. The summed E-state index contributed by atoms with van der Waals surface area (Å²) in [5.74, 6) is 1.76. The van der Waals surface area contributed by atoms with Crippen molar-refractivity contribution in [2.75, 3.05) is 18.9 Å². The van der Waals surface area contributed by atoms with E-state index in [2.05, 4.69) is 5.16 Å². The number of hydrogen-bond donors (Lipinski definition) is 1. The van der Waals surface area contributed by atoms with Crippen molar-refractivity contribution in [1.29, 1.82) is 0 Å². The highest BCUT2D eigenvalue weighted by Gasteiger charge is 2.23. The van der Waals surface area contributed by atoms with Crippen molar-refractivity contribution in [1.82, 2.24) is 5.16 Å². The lowest BCUT2D eigenvalue weighted by atomic mass is 9.96. The Balaban J connectivity index is 2.30. The average molecular weight is 246 g/mol. The zero-order valence-corrected chi connectivity index (χ0v) is 10.3. The Morgan fingerprint density at radius 3 is 2.72 bits per heavy atom. The number of fused-ring (bicyclic) bond motifs is 1. The maximum Gasteiger partial charge on any atom is 0.230 e. The lowest BCUT2D eigenvalue weighted by Gasteiger charge is -2.23. The van der Waals surface area contributed by atoms with Gasteiger partial charge in [0, 0.05) is 5.56 Å². The van der Waals surface area contributed by atoms with Crippen LogP contribution in [0.4, 0.5) is 5.88 Å². The van der Waals surface area contributed by atoms with E-state index in [4.69, 9.17) is 19.7 Å². The molecule has 1 aromatic carbocycles. The van der Waals surface area contributed by atoms with E-state index in [0.717, 1.165) is 33.8 Å². The number of aromatic nitrogens is 1. The number of aryl methyl sites for hydroxylation is 1. The number of nitrogens with two attached hydrogens (primary N) is 1. The van der Waals surface area contributed by atoms with Crippen LogP contribution in [0.2, 0.25) is 0 Å². The molecule has 0 unspecified atom stereocenters. The van der Waals surface area contributed by atoms with Crippen molar-refractivity contribution < 1.29 is 14.0 Å². The molecule has 0 saturated heterocycles. The molecule has 1 aliphatic heterocycles. The van der Waals surface area contributed by atoms with Gasteiger partial charge in [-0.05, 0) is 31.0 Å². The van der Waals surface area contributed by atoms with Crippen LogP contribution in [0.15, 0.2) is 16.8 Å². The molecule has 3 rings (SSSR count). The summed E-state index contributed by atoms with van der Waals surface area (Å²) in [5, 5.41) is 3.72. The van der Waals surface area contributed by atoms with Gasteiger partial charge in [-0.3, -0.25) is 0 Å². The molecule has 0 radical (unpaired) electrons. The van der Waals surface area contributed by atoms with Gasteiger partial charge in [-0.25, -0.2) is 0 Å². The van der Waals surface area contributed by atoms with E-state index in [-0.39, 0.29) is 0 Å². The Bertz CT molecular complexity index is 605. The van der Waals surface area contributed by atoms with Crippen LogP contribution in [-0.4, -0.2) is 18.4 Å². The van der Waals surface area contributed by atoms with Crippen molar-refractivity contribution >= 4 is 5.88 Å². The van der Waals surface area contributed by atoms with E-state index >= 15 is 0 Å². The number of hydrogen-bond acceptors (Lipinski definition) is 5. The first-order chi connectivity index (χ1) is 8.68. The van der Waals surface area contributed by atoms with Crippen LogP contribution < -0.4 is 15.2 Å². The molecule has 2 N–H and O–H groups in total. The first-order valence-corrected chi connectivity index (χ1v) is 5.79. The van der Waals surface area contributed by atoms with Crippen molar-refractivity contribution in [3.8, 4) is 22.6 Å². The molecule has 2 aromatic rings. The van der Waals surface area contributed by atoms with Crippen molar-refractivity contribution in [2.24, 2.45) is 0 Å². The predicted molar refractivity (Wildman–Crippen MR) is 66.8 cm³/mol. The molecule has 1 aliphatic rings. The van der Waals surface area contributed by atoms with Crippen LogP contribution in [0.25, 0.3) is 11.1 Å². The van der Waals surface area contributed by atoms with Crippen LogP contribution in [0.3, 0.4) is 0 Å². The van der Waals surface area contributed by atoms with Crippen molar-refractivity contribution in [3.05, 3.63) is 23.4 Å². The highest BCUT2D eigenvalue weighted by atomic mass is 16.6. The van der Waals surface area contributed by atoms with Gasteiger partial charge in [0.1, 0.15) is 13.2 Å². The van der Waals surface area contributed by atoms with Gasteiger partial charge in [0.25, 0.3) is 0 Å². The smallest absolute Gasteiger partial charge is 0.230 e. The number of nitrogens with zero attached hydrogens (tertiary/aromatic N) is 1. The first kappa shape index (κ1) is 11.0. The van der Waals surface area contributed by atoms with E-state index in [9.17, 15) is 0 Å². The number of benzene rings is 1. The molecular weight excluding hydrogens is 232 g/mol. The van der Waals surface area contributed by atoms with Gasteiger partial charge < -0.3 is 19.7 Å². The highest BCUT2D eigenvalue weighted by Crippen LogP contribution is 2.45. The molecule has 0 atom stereocenters. The molecule has 5 nitrogen and oxygen atoms in total. The molecule has 0 saturated carbocycles. The second-order valence-corrected chi connectivity index (χ2v) is 4.32. The Hall–Kier alpha value is -2.17. The van der Waals surface area contributed by atoms with Gasteiger partial charge >= 0.3 is 0 Å². The van der Waals surface area contributed by atoms with Crippen LogP contribution >= 0.6 is 0 Å². The van der Waals surface area contributed by atoms with E-state index < -0.39 is 0 Å². The van der Waals surface area contributed by atoms with Crippen molar-refractivity contribution in [3.63, 3.8) is 0 Å². The first-order valence-electron chi connectivity index (χ1n) is 5.79. The molecule has 0 spiro atoms. The average Bonchev–Trinajstić information content (AvgIpc) is 2.77. The predicted octanol–water partition coefficient (Wildman–Crippen LogP) is 2.31. The molecule has 5 heteroatoms. The van der Waals surface area contributed by atoms with Gasteiger partial charge in [-0.2, -0.15) is 0 Å². The Morgan fingerprint density at radius 1 is 1.22 bits per heavy atom. The molecule has 18 heavy (non-hydrogen) atoms. The minimum atomic E-state index is 0.292. The third-order valence-corrected chi connectivity index (χ3v) is 3.22. The summed E-state index contributed by atoms with van der Waals surface area (Å²) >= 11 is 0. The Morgan fingerprint density at radius 2 is 2.00 bits per heavy atom.